The highest BCUT2D eigenvalue weighted by Crippen LogP contribution is 2.35. The number of furan rings is 1. The molecular formula is C23H18O3. The van der Waals surface area contributed by atoms with E-state index in [1.54, 1.807) is 24.3 Å². The lowest BCUT2D eigenvalue weighted by molar-refractivity contribution is 0.104. The van der Waals surface area contributed by atoms with Crippen molar-refractivity contribution in [2.75, 3.05) is 0 Å². The van der Waals surface area contributed by atoms with Crippen LogP contribution in [-0.2, 0) is 0 Å². The highest BCUT2D eigenvalue weighted by atomic mass is 16.3. The first kappa shape index (κ1) is 16.2. The van der Waals surface area contributed by atoms with Crippen molar-refractivity contribution in [3.05, 3.63) is 89.0 Å². The van der Waals surface area contributed by atoms with Crippen LogP contribution in [0.1, 0.15) is 27.0 Å². The summed E-state index contributed by atoms with van der Waals surface area (Å²) in [6, 6.07) is 20.1. The van der Waals surface area contributed by atoms with Gasteiger partial charge < -0.3 is 9.52 Å². The van der Waals surface area contributed by atoms with Gasteiger partial charge in [-0.1, -0.05) is 35.4 Å². The van der Waals surface area contributed by atoms with Crippen LogP contribution in [0.3, 0.4) is 0 Å². The van der Waals surface area contributed by atoms with Gasteiger partial charge in [0.1, 0.15) is 17.1 Å². The van der Waals surface area contributed by atoms with Gasteiger partial charge in [0.25, 0.3) is 0 Å². The van der Waals surface area contributed by atoms with Gasteiger partial charge in [-0.25, -0.2) is 0 Å². The van der Waals surface area contributed by atoms with E-state index in [0.29, 0.717) is 22.5 Å². The number of para-hydroxylation sites is 1. The molecule has 1 aromatic heterocycles. The van der Waals surface area contributed by atoms with Crippen LogP contribution in [0.15, 0.2) is 71.1 Å². The van der Waals surface area contributed by atoms with Gasteiger partial charge in [-0.05, 0) is 56.3 Å². The Balaban J connectivity index is 1.96. The Labute approximate surface area is 151 Å². The molecule has 26 heavy (non-hydrogen) atoms. The largest absolute Gasteiger partial charge is 0.508 e. The first-order chi connectivity index (χ1) is 12.5. The molecule has 0 fully saturated rings. The SMILES string of the molecule is Cc1cc(C)cc(C(=O)c2c(-c3ccc(O)cc3)oc3ccccc23)c1. The fourth-order valence-electron chi connectivity index (χ4n) is 3.34. The maximum absolute atomic E-state index is 13.4. The lowest BCUT2D eigenvalue weighted by Gasteiger charge is -2.06. The van der Waals surface area contributed by atoms with Crippen LogP contribution in [0.2, 0.25) is 0 Å². The van der Waals surface area contributed by atoms with Gasteiger partial charge in [-0.2, -0.15) is 0 Å². The maximum Gasteiger partial charge on any atom is 0.197 e. The molecule has 0 bridgehead atoms. The summed E-state index contributed by atoms with van der Waals surface area (Å²) in [4.78, 5) is 13.4. The third-order valence-corrected chi connectivity index (χ3v) is 4.44. The van der Waals surface area contributed by atoms with E-state index < -0.39 is 0 Å². The highest BCUT2D eigenvalue weighted by molar-refractivity contribution is 6.19. The van der Waals surface area contributed by atoms with Crippen molar-refractivity contribution >= 4 is 16.8 Å². The van der Waals surface area contributed by atoms with E-state index in [1.807, 2.05) is 56.3 Å². The molecule has 0 spiro atoms. The second kappa shape index (κ2) is 6.19. The van der Waals surface area contributed by atoms with E-state index in [9.17, 15) is 9.90 Å². The van der Waals surface area contributed by atoms with Crippen LogP contribution in [-0.4, -0.2) is 10.9 Å². The van der Waals surface area contributed by atoms with Crippen molar-refractivity contribution < 1.29 is 14.3 Å². The fourth-order valence-corrected chi connectivity index (χ4v) is 3.34. The van der Waals surface area contributed by atoms with Gasteiger partial charge >= 0.3 is 0 Å². The van der Waals surface area contributed by atoms with Crippen LogP contribution >= 0.6 is 0 Å². The third-order valence-electron chi connectivity index (χ3n) is 4.44. The van der Waals surface area contributed by atoms with Crippen molar-refractivity contribution in [3.8, 4) is 17.1 Å². The quantitative estimate of drug-likeness (QED) is 0.489. The van der Waals surface area contributed by atoms with E-state index in [-0.39, 0.29) is 11.5 Å². The highest BCUT2D eigenvalue weighted by Gasteiger charge is 2.23. The van der Waals surface area contributed by atoms with Gasteiger partial charge in [0.05, 0.1) is 5.56 Å². The topological polar surface area (TPSA) is 50.4 Å². The van der Waals surface area contributed by atoms with E-state index in [1.165, 1.54) is 0 Å². The number of ketones is 1. The Morgan fingerprint density at radius 3 is 2.23 bits per heavy atom. The predicted octanol–water partition coefficient (Wildman–Crippen LogP) is 5.65. The summed E-state index contributed by atoms with van der Waals surface area (Å²) in [5.41, 5.74) is 4.72. The van der Waals surface area contributed by atoms with E-state index in [4.69, 9.17) is 4.42 Å². The molecule has 0 aliphatic rings. The molecule has 0 atom stereocenters. The molecule has 128 valence electrons. The maximum atomic E-state index is 13.4. The van der Waals surface area contributed by atoms with E-state index >= 15 is 0 Å². The van der Waals surface area contributed by atoms with Crippen molar-refractivity contribution in [3.63, 3.8) is 0 Å². The van der Waals surface area contributed by atoms with Crippen LogP contribution < -0.4 is 0 Å². The summed E-state index contributed by atoms with van der Waals surface area (Å²) in [6.07, 6.45) is 0. The number of carbonyl (C=O) groups excluding carboxylic acids is 1. The normalized spacial score (nSPS) is 11.0. The summed E-state index contributed by atoms with van der Waals surface area (Å²) < 4.78 is 6.03. The summed E-state index contributed by atoms with van der Waals surface area (Å²) in [5.74, 6) is 0.632. The zero-order valence-electron chi connectivity index (χ0n) is 14.6. The summed E-state index contributed by atoms with van der Waals surface area (Å²) >= 11 is 0. The number of benzene rings is 3. The van der Waals surface area contributed by atoms with E-state index in [0.717, 1.165) is 22.1 Å². The lowest BCUT2D eigenvalue weighted by atomic mass is 9.95. The van der Waals surface area contributed by atoms with Crippen LogP contribution in [0.5, 0.6) is 5.75 Å². The van der Waals surface area contributed by atoms with E-state index in [2.05, 4.69) is 0 Å². The average molecular weight is 342 g/mol. The zero-order chi connectivity index (χ0) is 18.3. The Morgan fingerprint density at radius 2 is 1.54 bits per heavy atom. The van der Waals surface area contributed by atoms with Crippen molar-refractivity contribution in [1.29, 1.82) is 0 Å². The molecular weight excluding hydrogens is 324 g/mol. The molecule has 0 radical (unpaired) electrons. The number of hydrogen-bond acceptors (Lipinski definition) is 3. The first-order valence-electron chi connectivity index (χ1n) is 8.47. The Bertz CT molecular complexity index is 1100. The molecule has 0 aliphatic carbocycles. The lowest BCUT2D eigenvalue weighted by Crippen LogP contribution is -2.03. The van der Waals surface area contributed by atoms with Crippen LogP contribution in [0.25, 0.3) is 22.3 Å². The molecule has 1 N–H and O–H groups in total. The fraction of sp³-hybridized carbons (Fsp3) is 0.0870. The molecule has 0 saturated heterocycles. The Kier molecular flexibility index (Phi) is 3.85. The minimum Gasteiger partial charge on any atom is -0.508 e. The summed E-state index contributed by atoms with van der Waals surface area (Å²) in [6.45, 7) is 3.97. The molecule has 0 saturated carbocycles. The molecule has 3 nitrogen and oxygen atoms in total. The Hall–Kier alpha value is -3.33. The molecule has 1 heterocycles. The second-order valence-electron chi connectivity index (χ2n) is 6.55. The number of aromatic hydroxyl groups is 1. The number of carbonyl (C=O) groups is 1. The summed E-state index contributed by atoms with van der Waals surface area (Å²) in [7, 11) is 0. The number of phenolic OH excluding ortho intramolecular Hbond substituents is 1. The number of fused-ring (bicyclic) bond motifs is 1. The third kappa shape index (κ3) is 2.78. The van der Waals surface area contributed by atoms with Gasteiger partial charge in [0, 0.05) is 16.5 Å². The van der Waals surface area contributed by atoms with Gasteiger partial charge in [0.15, 0.2) is 5.78 Å². The zero-order valence-corrected chi connectivity index (χ0v) is 14.6. The van der Waals surface area contributed by atoms with Gasteiger partial charge in [0.2, 0.25) is 0 Å². The van der Waals surface area contributed by atoms with Gasteiger partial charge in [-0.15, -0.1) is 0 Å². The summed E-state index contributed by atoms with van der Waals surface area (Å²) in [5, 5.41) is 10.4. The van der Waals surface area contributed by atoms with Crippen LogP contribution in [0, 0.1) is 13.8 Å². The van der Waals surface area contributed by atoms with Crippen molar-refractivity contribution in [2.45, 2.75) is 13.8 Å². The standard InChI is InChI=1S/C23H18O3/c1-14-11-15(2)13-17(12-14)22(25)21-19-5-3-4-6-20(19)26-23(21)16-7-9-18(24)10-8-16/h3-13,24H,1-2H3. The number of rotatable bonds is 3. The monoisotopic (exact) mass is 342 g/mol. The Morgan fingerprint density at radius 1 is 0.885 bits per heavy atom. The molecule has 4 aromatic rings. The van der Waals surface area contributed by atoms with Crippen molar-refractivity contribution in [2.24, 2.45) is 0 Å². The molecule has 0 aliphatic heterocycles. The smallest absolute Gasteiger partial charge is 0.197 e. The second-order valence-corrected chi connectivity index (χ2v) is 6.55. The molecule has 0 unspecified atom stereocenters. The molecule has 4 rings (SSSR count). The predicted molar refractivity (Wildman–Crippen MR) is 103 cm³/mol. The molecule has 3 aromatic carbocycles. The minimum atomic E-state index is -0.0650. The van der Waals surface area contributed by atoms with Crippen molar-refractivity contribution in [1.82, 2.24) is 0 Å². The minimum absolute atomic E-state index is 0.0650. The number of aryl methyl sites for hydroxylation is 2. The number of hydrogen-bond donors (Lipinski definition) is 1. The van der Waals surface area contributed by atoms with Gasteiger partial charge in [-0.3, -0.25) is 4.79 Å². The number of phenols is 1. The van der Waals surface area contributed by atoms with Crippen LogP contribution in [0.4, 0.5) is 0 Å². The first-order valence-corrected chi connectivity index (χ1v) is 8.47. The molecule has 0 amide bonds. The molecule has 3 heteroatoms. The average Bonchev–Trinajstić information content (AvgIpc) is 3.00.